The molecule has 1 aliphatic rings. The topological polar surface area (TPSA) is 61.8 Å². The molecule has 168 valence electrons. The molecule has 0 saturated heterocycles. The lowest BCUT2D eigenvalue weighted by Crippen LogP contribution is -2.37. The highest BCUT2D eigenvalue weighted by atomic mass is 16.5. The maximum absolute atomic E-state index is 12.6. The number of carbonyl (C=O) groups excluding carboxylic acids is 1. The van der Waals surface area contributed by atoms with E-state index in [1.54, 1.807) is 0 Å². The standard InChI is InChI=1S/C26H36N2O3/c1-20-8-9-23(15-21(20)2)17-28-18-24-16-22(7-6-13-29)10-11-25(24)31-14-5-3-4-12-27-26(30)19-28/h8-11,15-16,29H,3-7,12-14,17-19H2,1-2H3,(H,27,30). The minimum atomic E-state index is 0.0713. The molecule has 0 aromatic heterocycles. The molecule has 0 spiro atoms. The van der Waals surface area contributed by atoms with Crippen molar-refractivity contribution < 1.29 is 14.6 Å². The van der Waals surface area contributed by atoms with Crippen LogP contribution in [0.25, 0.3) is 0 Å². The number of carbonyl (C=O) groups is 1. The molecule has 0 saturated carbocycles. The number of benzene rings is 2. The second-order valence-electron chi connectivity index (χ2n) is 8.59. The van der Waals surface area contributed by atoms with E-state index >= 15 is 0 Å². The van der Waals surface area contributed by atoms with Gasteiger partial charge in [0.05, 0.1) is 13.2 Å². The molecule has 2 N–H and O–H groups in total. The molecule has 0 bridgehead atoms. The molecule has 0 atom stereocenters. The molecule has 0 fully saturated rings. The third-order valence-corrected chi connectivity index (χ3v) is 5.89. The van der Waals surface area contributed by atoms with Gasteiger partial charge in [-0.2, -0.15) is 0 Å². The van der Waals surface area contributed by atoms with Gasteiger partial charge in [0.25, 0.3) is 0 Å². The number of ether oxygens (including phenoxy) is 1. The molecular weight excluding hydrogens is 388 g/mol. The van der Waals surface area contributed by atoms with E-state index in [1.165, 1.54) is 22.3 Å². The zero-order chi connectivity index (χ0) is 22.1. The van der Waals surface area contributed by atoms with Gasteiger partial charge in [0.1, 0.15) is 5.75 Å². The average molecular weight is 425 g/mol. The first-order valence-corrected chi connectivity index (χ1v) is 11.5. The summed E-state index contributed by atoms with van der Waals surface area (Å²) in [6, 6.07) is 12.8. The van der Waals surface area contributed by atoms with E-state index in [1.807, 2.05) is 0 Å². The molecule has 0 unspecified atom stereocenters. The molecule has 3 rings (SSSR count). The van der Waals surface area contributed by atoms with Crippen molar-refractivity contribution >= 4 is 5.91 Å². The van der Waals surface area contributed by atoms with Crippen LogP contribution in [-0.2, 0) is 24.3 Å². The van der Waals surface area contributed by atoms with Gasteiger partial charge in [-0.1, -0.05) is 30.3 Å². The van der Waals surface area contributed by atoms with Gasteiger partial charge in [0, 0.05) is 31.8 Å². The summed E-state index contributed by atoms with van der Waals surface area (Å²) in [6.07, 6.45) is 4.57. The second kappa shape index (κ2) is 11.9. The lowest BCUT2D eigenvalue weighted by atomic mass is 10.0. The first-order valence-electron chi connectivity index (χ1n) is 11.5. The van der Waals surface area contributed by atoms with Crippen molar-refractivity contribution in [2.75, 3.05) is 26.3 Å². The zero-order valence-electron chi connectivity index (χ0n) is 19.0. The van der Waals surface area contributed by atoms with Gasteiger partial charge in [-0.15, -0.1) is 0 Å². The molecule has 0 aliphatic carbocycles. The van der Waals surface area contributed by atoms with Crippen LogP contribution < -0.4 is 10.1 Å². The molecule has 5 heteroatoms. The molecule has 2 aromatic carbocycles. The van der Waals surface area contributed by atoms with E-state index in [2.05, 4.69) is 60.5 Å². The Bertz CT molecular complexity index is 866. The fraction of sp³-hybridized carbons (Fsp3) is 0.500. The molecule has 1 amide bonds. The Hall–Kier alpha value is -2.37. The Morgan fingerprint density at radius 1 is 1.00 bits per heavy atom. The highest BCUT2D eigenvalue weighted by Gasteiger charge is 2.16. The number of hydrogen-bond donors (Lipinski definition) is 2. The normalized spacial score (nSPS) is 16.3. The Balaban J connectivity index is 1.87. The van der Waals surface area contributed by atoms with Crippen LogP contribution in [0.4, 0.5) is 0 Å². The van der Waals surface area contributed by atoms with Crippen LogP contribution >= 0.6 is 0 Å². The SMILES string of the molecule is Cc1ccc(CN2CC(=O)NCCCCCOc3ccc(CCCO)cc3C2)cc1C. The molecule has 1 aliphatic heterocycles. The van der Waals surface area contributed by atoms with Gasteiger partial charge in [0.2, 0.25) is 5.91 Å². The van der Waals surface area contributed by atoms with Crippen molar-refractivity contribution in [1.82, 2.24) is 10.2 Å². The number of nitrogens with zero attached hydrogens (tertiary/aromatic N) is 1. The molecular formula is C26H36N2O3. The first-order chi connectivity index (χ1) is 15.0. The monoisotopic (exact) mass is 424 g/mol. The van der Waals surface area contributed by atoms with Crippen LogP contribution in [0.1, 0.15) is 53.5 Å². The summed E-state index contributed by atoms with van der Waals surface area (Å²) in [7, 11) is 0. The molecule has 31 heavy (non-hydrogen) atoms. The van der Waals surface area contributed by atoms with Gasteiger partial charge >= 0.3 is 0 Å². The van der Waals surface area contributed by atoms with E-state index in [4.69, 9.17) is 4.74 Å². The van der Waals surface area contributed by atoms with Crippen LogP contribution in [0.3, 0.4) is 0 Å². The van der Waals surface area contributed by atoms with Gasteiger partial charge in [-0.05, 0) is 74.3 Å². The van der Waals surface area contributed by atoms with Crippen LogP contribution in [0.5, 0.6) is 5.75 Å². The Kier molecular flexibility index (Phi) is 8.92. The zero-order valence-corrected chi connectivity index (χ0v) is 19.0. The minimum Gasteiger partial charge on any atom is -0.493 e. The molecule has 0 radical (unpaired) electrons. The maximum Gasteiger partial charge on any atom is 0.234 e. The minimum absolute atomic E-state index is 0.0713. The largest absolute Gasteiger partial charge is 0.493 e. The highest BCUT2D eigenvalue weighted by Crippen LogP contribution is 2.24. The first kappa shape index (κ1) is 23.3. The smallest absolute Gasteiger partial charge is 0.234 e. The van der Waals surface area contributed by atoms with Gasteiger partial charge in [-0.3, -0.25) is 9.69 Å². The summed E-state index contributed by atoms with van der Waals surface area (Å²) in [5.41, 5.74) is 6.04. The summed E-state index contributed by atoms with van der Waals surface area (Å²) in [5.74, 6) is 0.972. The average Bonchev–Trinajstić information content (AvgIpc) is 2.76. The van der Waals surface area contributed by atoms with E-state index in [0.717, 1.165) is 43.4 Å². The predicted octanol–water partition coefficient (Wildman–Crippen LogP) is 3.91. The lowest BCUT2D eigenvalue weighted by Gasteiger charge is -2.24. The highest BCUT2D eigenvalue weighted by molar-refractivity contribution is 5.78. The van der Waals surface area contributed by atoms with Crippen molar-refractivity contribution in [3.05, 3.63) is 64.2 Å². The Labute approximate surface area is 186 Å². The summed E-state index contributed by atoms with van der Waals surface area (Å²) in [6.45, 7) is 7.54. The summed E-state index contributed by atoms with van der Waals surface area (Å²) in [5, 5.41) is 12.3. The van der Waals surface area contributed by atoms with Crippen molar-refractivity contribution in [3.63, 3.8) is 0 Å². The van der Waals surface area contributed by atoms with E-state index in [-0.39, 0.29) is 12.5 Å². The fourth-order valence-electron chi connectivity index (χ4n) is 3.98. The fourth-order valence-corrected chi connectivity index (χ4v) is 3.98. The molecule has 1 heterocycles. The van der Waals surface area contributed by atoms with Crippen molar-refractivity contribution in [1.29, 1.82) is 0 Å². The number of amides is 1. The van der Waals surface area contributed by atoms with Crippen LogP contribution in [-0.4, -0.2) is 42.2 Å². The Morgan fingerprint density at radius 2 is 1.84 bits per heavy atom. The summed E-state index contributed by atoms with van der Waals surface area (Å²) < 4.78 is 6.14. The lowest BCUT2D eigenvalue weighted by molar-refractivity contribution is -0.122. The number of hydrogen-bond acceptors (Lipinski definition) is 4. The van der Waals surface area contributed by atoms with Gasteiger partial charge in [-0.25, -0.2) is 0 Å². The van der Waals surface area contributed by atoms with Crippen LogP contribution in [0.15, 0.2) is 36.4 Å². The maximum atomic E-state index is 12.6. The second-order valence-corrected chi connectivity index (χ2v) is 8.59. The molecule has 5 nitrogen and oxygen atoms in total. The number of aliphatic hydroxyl groups is 1. The number of nitrogens with one attached hydrogen (secondary N) is 1. The summed E-state index contributed by atoms with van der Waals surface area (Å²) in [4.78, 5) is 14.8. The number of fused-ring (bicyclic) bond motifs is 1. The number of aliphatic hydroxyl groups excluding tert-OH is 1. The van der Waals surface area contributed by atoms with Gasteiger partial charge < -0.3 is 15.2 Å². The van der Waals surface area contributed by atoms with Crippen LogP contribution in [0, 0.1) is 13.8 Å². The van der Waals surface area contributed by atoms with Crippen molar-refractivity contribution in [2.45, 2.75) is 59.0 Å². The van der Waals surface area contributed by atoms with Crippen LogP contribution in [0.2, 0.25) is 0 Å². The van der Waals surface area contributed by atoms with Crippen molar-refractivity contribution in [2.24, 2.45) is 0 Å². The molecule has 2 aromatic rings. The van der Waals surface area contributed by atoms with E-state index in [9.17, 15) is 9.90 Å². The predicted molar refractivity (Wildman–Crippen MR) is 124 cm³/mol. The van der Waals surface area contributed by atoms with Crippen molar-refractivity contribution in [3.8, 4) is 5.75 Å². The number of aryl methyl sites for hydroxylation is 3. The third-order valence-electron chi connectivity index (χ3n) is 5.89. The van der Waals surface area contributed by atoms with Gasteiger partial charge in [0.15, 0.2) is 0 Å². The quantitative estimate of drug-likeness (QED) is 0.764. The summed E-state index contributed by atoms with van der Waals surface area (Å²) >= 11 is 0. The van der Waals surface area contributed by atoms with E-state index < -0.39 is 0 Å². The third kappa shape index (κ3) is 7.37. The van der Waals surface area contributed by atoms with E-state index in [0.29, 0.717) is 32.8 Å². The number of rotatable bonds is 5. The Morgan fingerprint density at radius 3 is 2.65 bits per heavy atom.